The normalized spacial score (nSPS) is 20.1. The molecule has 7 nitrogen and oxygen atoms in total. The largest absolute Gasteiger partial charge is 0.452 e. The van der Waals surface area contributed by atoms with Gasteiger partial charge in [-0.25, -0.2) is 4.79 Å². The van der Waals surface area contributed by atoms with Crippen molar-refractivity contribution in [3.8, 4) is 0 Å². The van der Waals surface area contributed by atoms with Crippen molar-refractivity contribution in [3.05, 3.63) is 72.3 Å². The minimum Gasteiger partial charge on any atom is -0.452 e. The van der Waals surface area contributed by atoms with E-state index < -0.39 is 18.5 Å². The van der Waals surface area contributed by atoms with E-state index in [-0.39, 0.29) is 29.2 Å². The fourth-order valence-corrected chi connectivity index (χ4v) is 3.76. The Hall–Kier alpha value is -3.74. The second kappa shape index (κ2) is 8.32. The molecule has 0 radical (unpaired) electrons. The number of allylic oxidation sites excluding steroid dienone is 2. The van der Waals surface area contributed by atoms with Crippen LogP contribution in [-0.2, 0) is 19.1 Å². The van der Waals surface area contributed by atoms with E-state index in [0.717, 1.165) is 4.90 Å². The van der Waals surface area contributed by atoms with Crippen LogP contribution in [0.3, 0.4) is 0 Å². The van der Waals surface area contributed by atoms with Gasteiger partial charge in [-0.3, -0.25) is 19.3 Å². The van der Waals surface area contributed by atoms with Crippen LogP contribution in [0.1, 0.15) is 23.2 Å². The standard InChI is InChI=1S/C23H20N2O5/c26-20(24-16-8-2-1-3-9-16)14-30-23(29)15-7-6-10-17(13-15)25-21(27)18-11-4-5-12-19(18)22(25)28/h1-10,13,18-19H,11-12,14H2,(H,24,26)/t18-,19-/m1/s1. The van der Waals surface area contributed by atoms with Gasteiger partial charge in [0.1, 0.15) is 0 Å². The van der Waals surface area contributed by atoms with Crippen LogP contribution in [0.2, 0.25) is 0 Å². The molecule has 1 aliphatic heterocycles. The van der Waals surface area contributed by atoms with Gasteiger partial charge in [0.15, 0.2) is 6.61 Å². The SMILES string of the molecule is O=C(COC(=O)c1cccc(N2C(=O)[C@@H]3CC=CC[C@H]3C2=O)c1)Nc1ccccc1. The maximum Gasteiger partial charge on any atom is 0.338 e. The highest BCUT2D eigenvalue weighted by atomic mass is 16.5. The Bertz CT molecular complexity index is 1000. The molecule has 2 atom stereocenters. The van der Waals surface area contributed by atoms with Crippen molar-refractivity contribution in [2.24, 2.45) is 11.8 Å². The second-order valence-corrected chi connectivity index (χ2v) is 7.21. The lowest BCUT2D eigenvalue weighted by molar-refractivity contribution is -0.122. The quantitative estimate of drug-likeness (QED) is 0.470. The second-order valence-electron chi connectivity index (χ2n) is 7.21. The Kier molecular flexibility index (Phi) is 5.43. The number of nitrogens with one attached hydrogen (secondary N) is 1. The molecule has 1 heterocycles. The molecule has 0 aromatic heterocycles. The number of hydrogen-bond donors (Lipinski definition) is 1. The van der Waals surface area contributed by atoms with Crippen LogP contribution in [0.4, 0.5) is 11.4 Å². The van der Waals surface area contributed by atoms with Gasteiger partial charge in [-0.05, 0) is 43.2 Å². The average molecular weight is 404 g/mol. The minimum atomic E-state index is -0.710. The van der Waals surface area contributed by atoms with Gasteiger partial charge in [0.2, 0.25) is 11.8 Å². The number of hydrogen-bond acceptors (Lipinski definition) is 5. The summed E-state index contributed by atoms with van der Waals surface area (Å²) in [5.74, 6) is -2.37. The van der Waals surface area contributed by atoms with Crippen molar-refractivity contribution in [1.82, 2.24) is 0 Å². The Labute approximate surface area is 173 Å². The first-order valence-electron chi connectivity index (χ1n) is 9.69. The molecule has 0 unspecified atom stereocenters. The number of anilines is 2. The number of carbonyl (C=O) groups is 4. The van der Waals surface area contributed by atoms with Crippen molar-refractivity contribution in [3.63, 3.8) is 0 Å². The molecular weight excluding hydrogens is 384 g/mol. The Morgan fingerprint density at radius 1 is 0.933 bits per heavy atom. The first-order valence-corrected chi connectivity index (χ1v) is 9.69. The number of esters is 1. The fraction of sp³-hybridized carbons (Fsp3) is 0.217. The van der Waals surface area contributed by atoms with Gasteiger partial charge in [-0.2, -0.15) is 0 Å². The summed E-state index contributed by atoms with van der Waals surface area (Å²) >= 11 is 0. The molecule has 152 valence electrons. The van der Waals surface area contributed by atoms with Crippen molar-refractivity contribution in [1.29, 1.82) is 0 Å². The lowest BCUT2D eigenvalue weighted by Gasteiger charge is -2.15. The van der Waals surface area contributed by atoms with E-state index in [4.69, 9.17) is 4.74 Å². The monoisotopic (exact) mass is 404 g/mol. The molecule has 3 amide bonds. The zero-order valence-corrected chi connectivity index (χ0v) is 16.1. The highest BCUT2D eigenvalue weighted by Crippen LogP contribution is 2.37. The molecule has 2 aliphatic rings. The van der Waals surface area contributed by atoms with Gasteiger partial charge in [0.05, 0.1) is 23.1 Å². The number of nitrogens with zero attached hydrogens (tertiary/aromatic N) is 1. The summed E-state index contributed by atoms with van der Waals surface area (Å²) < 4.78 is 5.08. The number of benzene rings is 2. The van der Waals surface area contributed by atoms with Gasteiger partial charge in [0, 0.05) is 5.69 Å². The van der Waals surface area contributed by atoms with Gasteiger partial charge in [-0.15, -0.1) is 0 Å². The Morgan fingerprint density at radius 2 is 1.60 bits per heavy atom. The van der Waals surface area contributed by atoms with E-state index in [9.17, 15) is 19.2 Å². The summed E-state index contributed by atoms with van der Waals surface area (Å²) in [6.07, 6.45) is 4.93. The first-order chi connectivity index (χ1) is 14.5. The van der Waals surface area contributed by atoms with Crippen molar-refractivity contribution >= 4 is 35.1 Å². The van der Waals surface area contributed by atoms with Crippen molar-refractivity contribution in [2.75, 3.05) is 16.8 Å². The fourth-order valence-electron chi connectivity index (χ4n) is 3.76. The predicted molar refractivity (Wildman–Crippen MR) is 110 cm³/mol. The Morgan fingerprint density at radius 3 is 2.27 bits per heavy atom. The van der Waals surface area contributed by atoms with E-state index in [0.29, 0.717) is 24.2 Å². The van der Waals surface area contributed by atoms with E-state index >= 15 is 0 Å². The summed E-state index contributed by atoms with van der Waals surface area (Å²) in [7, 11) is 0. The molecule has 30 heavy (non-hydrogen) atoms. The minimum absolute atomic E-state index is 0.161. The number of fused-ring (bicyclic) bond motifs is 1. The topological polar surface area (TPSA) is 92.8 Å². The summed E-state index contributed by atoms with van der Waals surface area (Å²) in [4.78, 5) is 50.9. The van der Waals surface area contributed by atoms with Gasteiger partial charge in [0.25, 0.3) is 5.91 Å². The maximum absolute atomic E-state index is 12.7. The first kappa shape index (κ1) is 19.6. The number of rotatable bonds is 5. The molecule has 1 saturated heterocycles. The summed E-state index contributed by atoms with van der Waals surface area (Å²) in [6, 6.07) is 15.0. The predicted octanol–water partition coefficient (Wildman–Crippen LogP) is 2.94. The van der Waals surface area contributed by atoms with Crippen LogP contribution >= 0.6 is 0 Å². The molecule has 0 saturated carbocycles. The van der Waals surface area contributed by atoms with Crippen LogP contribution < -0.4 is 10.2 Å². The third-order valence-corrected chi connectivity index (χ3v) is 5.24. The lowest BCUT2D eigenvalue weighted by Crippen LogP contribution is -2.31. The number of ether oxygens (including phenoxy) is 1. The van der Waals surface area contributed by atoms with Crippen LogP contribution in [0.5, 0.6) is 0 Å². The van der Waals surface area contributed by atoms with E-state index in [1.165, 1.54) is 12.1 Å². The van der Waals surface area contributed by atoms with Crippen molar-refractivity contribution in [2.45, 2.75) is 12.8 Å². The van der Waals surface area contributed by atoms with E-state index in [2.05, 4.69) is 5.32 Å². The zero-order chi connectivity index (χ0) is 21.1. The Balaban J connectivity index is 1.42. The molecule has 0 spiro atoms. The number of imide groups is 1. The van der Waals surface area contributed by atoms with Crippen LogP contribution in [0.15, 0.2) is 66.7 Å². The van der Waals surface area contributed by atoms with Crippen LogP contribution in [-0.4, -0.2) is 30.3 Å². The summed E-state index contributed by atoms with van der Waals surface area (Å²) in [5.41, 5.74) is 1.10. The molecule has 2 aromatic rings. The van der Waals surface area contributed by atoms with Crippen LogP contribution in [0.25, 0.3) is 0 Å². The smallest absolute Gasteiger partial charge is 0.338 e. The molecule has 1 aliphatic carbocycles. The average Bonchev–Trinajstić information content (AvgIpc) is 3.03. The van der Waals surface area contributed by atoms with E-state index in [1.54, 1.807) is 36.4 Å². The highest BCUT2D eigenvalue weighted by molar-refractivity contribution is 6.22. The van der Waals surface area contributed by atoms with Gasteiger partial charge in [-0.1, -0.05) is 36.4 Å². The molecule has 2 aromatic carbocycles. The molecule has 7 heteroatoms. The molecule has 0 bridgehead atoms. The van der Waals surface area contributed by atoms with Gasteiger partial charge >= 0.3 is 5.97 Å². The molecule has 4 rings (SSSR count). The summed E-state index contributed by atoms with van der Waals surface area (Å²) in [5, 5.41) is 2.63. The zero-order valence-electron chi connectivity index (χ0n) is 16.1. The van der Waals surface area contributed by atoms with Crippen molar-refractivity contribution < 1.29 is 23.9 Å². The highest BCUT2D eigenvalue weighted by Gasteiger charge is 2.47. The third-order valence-electron chi connectivity index (χ3n) is 5.24. The molecular formula is C23H20N2O5. The molecule has 1 N–H and O–H groups in total. The third kappa shape index (κ3) is 3.87. The number of amides is 3. The number of para-hydroxylation sites is 1. The maximum atomic E-state index is 12.7. The summed E-state index contributed by atoms with van der Waals surface area (Å²) in [6.45, 7) is -0.449. The molecule has 1 fully saturated rings. The lowest BCUT2D eigenvalue weighted by atomic mass is 9.85. The van der Waals surface area contributed by atoms with E-state index in [1.807, 2.05) is 18.2 Å². The van der Waals surface area contributed by atoms with Gasteiger partial charge < -0.3 is 10.1 Å². The van der Waals surface area contributed by atoms with Crippen LogP contribution in [0, 0.1) is 11.8 Å². The number of carbonyl (C=O) groups excluding carboxylic acids is 4.